The Morgan fingerprint density at radius 2 is 1.93 bits per heavy atom. The Labute approximate surface area is 143 Å². The van der Waals surface area contributed by atoms with E-state index >= 15 is 0 Å². The Kier molecular flexibility index (Phi) is 17.8. The molecule has 8 heteroatoms. The summed E-state index contributed by atoms with van der Waals surface area (Å²) in [6.07, 6.45) is 0.956. The number of aliphatic carboxylic acids is 1. The zero-order valence-electron chi connectivity index (χ0n) is 8.11. The van der Waals surface area contributed by atoms with Gasteiger partial charge in [-0.05, 0) is 12.8 Å². The number of carbonyl (C=O) groups is 1. The molecule has 0 saturated heterocycles. The predicted octanol–water partition coefficient (Wildman–Crippen LogP) is -7.54. The fourth-order valence-corrected chi connectivity index (χ4v) is 0.643. The number of hydrogen-bond donors (Lipinski definition) is 4. The maximum Gasteiger partial charge on any atom is 1.00 e. The summed E-state index contributed by atoms with van der Waals surface area (Å²) in [5, 5.41) is 8.38. The number of hydrogen-bond acceptors (Lipinski definition) is 3. The van der Waals surface area contributed by atoms with Crippen LogP contribution in [0.25, 0.3) is 0 Å². The molecule has 78 valence electrons. The first-order chi connectivity index (χ1) is 5.54. The van der Waals surface area contributed by atoms with Crippen LogP contribution in [-0.2, 0) is 4.79 Å². The van der Waals surface area contributed by atoms with Crippen LogP contribution in [0.4, 0.5) is 0 Å². The van der Waals surface area contributed by atoms with Gasteiger partial charge in [-0.3, -0.25) is 9.79 Å². The summed E-state index contributed by atoms with van der Waals surface area (Å²) in [5.41, 5.74) is 15.3. The van der Waals surface area contributed by atoms with Crippen LogP contribution in [0.15, 0.2) is 4.99 Å². The van der Waals surface area contributed by atoms with E-state index in [0.29, 0.717) is 19.4 Å². The number of guanidine groups is 1. The molecule has 0 rings (SSSR count). The first-order valence-electron chi connectivity index (χ1n) is 3.58. The largest absolute Gasteiger partial charge is 1.00 e. The molecule has 0 bridgehead atoms. The van der Waals surface area contributed by atoms with Crippen LogP contribution in [-0.4, -0.2) is 29.6 Å². The number of halogens is 1. The van der Waals surface area contributed by atoms with Gasteiger partial charge in [0.1, 0.15) is 6.04 Å². The smallest absolute Gasteiger partial charge is 1.00 e. The molecular weight excluding hydrogens is 326 g/mol. The average molecular weight is 340 g/mol. The maximum atomic E-state index is 10.2. The van der Waals surface area contributed by atoms with Crippen molar-refractivity contribution < 1.29 is 85.3 Å². The van der Waals surface area contributed by atoms with Gasteiger partial charge in [0.25, 0.3) is 0 Å². The second-order valence-corrected chi connectivity index (χ2v) is 2.39. The van der Waals surface area contributed by atoms with Gasteiger partial charge in [-0.2, -0.15) is 0 Å². The molecule has 1 atom stereocenters. The standard InChI is InChI=1S/C6H14N4O2.HI.K/c7-4(5(11)12)2-1-3-10-6(8)9;;/h4H,1-3,7H2,(H,11,12)(H4,8,9,10);1H;/q;;+1/p-1/t4-;;/m0../s1. The van der Waals surface area contributed by atoms with Crippen molar-refractivity contribution in [1.82, 2.24) is 0 Å². The van der Waals surface area contributed by atoms with Crippen molar-refractivity contribution in [3.63, 3.8) is 0 Å². The second kappa shape index (κ2) is 12.1. The Morgan fingerprint density at radius 3 is 2.29 bits per heavy atom. The molecule has 0 spiro atoms. The fourth-order valence-electron chi connectivity index (χ4n) is 0.643. The van der Waals surface area contributed by atoms with Gasteiger partial charge in [0.15, 0.2) is 5.96 Å². The van der Waals surface area contributed by atoms with Crippen LogP contribution in [0.2, 0.25) is 0 Å². The van der Waals surface area contributed by atoms with Crippen molar-refractivity contribution in [3.05, 3.63) is 0 Å². The summed E-state index contributed by atoms with van der Waals surface area (Å²) >= 11 is 0. The third kappa shape index (κ3) is 13.1. The molecular formula is C6H14IKN4O2. The number of nitrogens with two attached hydrogens (primary N) is 3. The summed E-state index contributed by atoms with van der Waals surface area (Å²) in [6.45, 7) is 0.420. The van der Waals surface area contributed by atoms with E-state index in [0.717, 1.165) is 0 Å². The van der Waals surface area contributed by atoms with Crippen LogP contribution >= 0.6 is 0 Å². The van der Waals surface area contributed by atoms with Crippen molar-refractivity contribution in [1.29, 1.82) is 0 Å². The quantitative estimate of drug-likeness (QED) is 0.130. The van der Waals surface area contributed by atoms with Gasteiger partial charge in [-0.15, -0.1) is 0 Å². The molecule has 0 saturated carbocycles. The Hall–Kier alpha value is 1.07. The number of carboxylic acid groups (broad SMARTS) is 1. The third-order valence-electron chi connectivity index (χ3n) is 1.28. The van der Waals surface area contributed by atoms with E-state index in [2.05, 4.69) is 4.99 Å². The SMILES string of the molecule is NC(N)=NCCC[C@H](N)C(=O)O.[I-].[K+]. The van der Waals surface area contributed by atoms with E-state index in [9.17, 15) is 4.79 Å². The number of carboxylic acids is 1. The molecule has 7 N–H and O–H groups in total. The van der Waals surface area contributed by atoms with Crippen LogP contribution < -0.4 is 92.6 Å². The van der Waals surface area contributed by atoms with E-state index in [1.807, 2.05) is 0 Å². The van der Waals surface area contributed by atoms with E-state index in [1.165, 1.54) is 0 Å². The maximum absolute atomic E-state index is 10.2. The predicted molar refractivity (Wildman–Crippen MR) is 45.5 cm³/mol. The van der Waals surface area contributed by atoms with Gasteiger partial charge in [0.2, 0.25) is 0 Å². The molecule has 0 unspecified atom stereocenters. The monoisotopic (exact) mass is 340 g/mol. The molecule has 0 aliphatic carbocycles. The van der Waals surface area contributed by atoms with Crippen LogP contribution in [0.1, 0.15) is 12.8 Å². The molecule has 0 aromatic rings. The molecule has 0 aromatic carbocycles. The number of nitrogens with zero attached hydrogens (tertiary/aromatic N) is 1. The summed E-state index contributed by atoms with van der Waals surface area (Å²) in [6, 6.07) is -0.820. The molecule has 14 heavy (non-hydrogen) atoms. The van der Waals surface area contributed by atoms with Gasteiger partial charge >= 0.3 is 57.4 Å². The summed E-state index contributed by atoms with van der Waals surface area (Å²) < 4.78 is 0. The summed E-state index contributed by atoms with van der Waals surface area (Å²) in [4.78, 5) is 13.9. The van der Waals surface area contributed by atoms with Crippen molar-refractivity contribution in [2.24, 2.45) is 22.2 Å². The minimum absolute atomic E-state index is 0. The van der Waals surface area contributed by atoms with Gasteiger partial charge in [0, 0.05) is 6.54 Å². The summed E-state index contributed by atoms with van der Waals surface area (Å²) in [5.74, 6) is -0.987. The minimum Gasteiger partial charge on any atom is -1.00 e. The number of aliphatic imine (C=N–C) groups is 1. The van der Waals surface area contributed by atoms with E-state index in [-0.39, 0.29) is 81.3 Å². The molecule has 0 heterocycles. The molecule has 0 aliphatic heterocycles. The van der Waals surface area contributed by atoms with Crippen molar-refractivity contribution in [3.8, 4) is 0 Å². The first-order valence-corrected chi connectivity index (χ1v) is 3.58. The molecule has 0 fully saturated rings. The van der Waals surface area contributed by atoms with Crippen molar-refractivity contribution >= 4 is 11.9 Å². The van der Waals surface area contributed by atoms with Crippen LogP contribution in [0.3, 0.4) is 0 Å². The number of rotatable bonds is 5. The molecule has 0 aliphatic rings. The van der Waals surface area contributed by atoms with Crippen LogP contribution in [0.5, 0.6) is 0 Å². The molecule has 6 nitrogen and oxygen atoms in total. The van der Waals surface area contributed by atoms with E-state index in [1.54, 1.807) is 0 Å². The topological polar surface area (TPSA) is 128 Å². The summed E-state index contributed by atoms with van der Waals surface area (Å²) in [7, 11) is 0. The average Bonchev–Trinajstić information content (AvgIpc) is 1.97. The van der Waals surface area contributed by atoms with E-state index < -0.39 is 12.0 Å². The van der Waals surface area contributed by atoms with Gasteiger partial charge < -0.3 is 46.3 Å². The van der Waals surface area contributed by atoms with Gasteiger partial charge in [-0.25, -0.2) is 0 Å². The minimum atomic E-state index is -1.00. The molecule has 0 radical (unpaired) electrons. The van der Waals surface area contributed by atoms with E-state index in [4.69, 9.17) is 22.3 Å². The van der Waals surface area contributed by atoms with Gasteiger partial charge in [0.05, 0.1) is 0 Å². The Bertz CT molecular complexity index is 187. The Balaban J connectivity index is -0.000000605. The zero-order valence-corrected chi connectivity index (χ0v) is 13.4. The normalized spacial score (nSPS) is 10.4. The fraction of sp³-hybridized carbons (Fsp3) is 0.667. The Morgan fingerprint density at radius 1 is 1.43 bits per heavy atom. The third-order valence-corrected chi connectivity index (χ3v) is 1.28. The zero-order chi connectivity index (χ0) is 9.56. The van der Waals surface area contributed by atoms with Crippen molar-refractivity contribution in [2.75, 3.05) is 6.54 Å². The van der Waals surface area contributed by atoms with Crippen molar-refractivity contribution in [2.45, 2.75) is 18.9 Å². The van der Waals surface area contributed by atoms with Gasteiger partial charge in [-0.1, -0.05) is 0 Å². The first kappa shape index (κ1) is 20.5. The second-order valence-electron chi connectivity index (χ2n) is 2.39. The van der Waals surface area contributed by atoms with Crippen LogP contribution in [0, 0.1) is 0 Å². The molecule has 0 aromatic heterocycles. The molecule has 0 amide bonds.